The summed E-state index contributed by atoms with van der Waals surface area (Å²) in [5.74, 6) is -0.524. The molecule has 3 nitrogen and oxygen atoms in total. The van der Waals surface area contributed by atoms with Gasteiger partial charge in [0.2, 0.25) is 0 Å². The first-order valence-corrected chi connectivity index (χ1v) is 6.60. The van der Waals surface area contributed by atoms with E-state index < -0.39 is 23.1 Å². The number of nitrogens with one attached hydrogen (secondary N) is 1. The van der Waals surface area contributed by atoms with E-state index in [4.69, 9.17) is 0 Å². The van der Waals surface area contributed by atoms with Crippen molar-refractivity contribution in [3.8, 4) is 16.8 Å². The summed E-state index contributed by atoms with van der Waals surface area (Å²) >= 11 is 0. The van der Waals surface area contributed by atoms with Crippen LogP contribution >= 0.6 is 0 Å². The van der Waals surface area contributed by atoms with E-state index in [2.05, 4.69) is 5.10 Å². The molecule has 2 aromatic carbocycles. The van der Waals surface area contributed by atoms with Crippen LogP contribution in [0.15, 0.2) is 59.5 Å². The summed E-state index contributed by atoms with van der Waals surface area (Å²) in [4.78, 5) is 12.4. The van der Waals surface area contributed by atoms with E-state index in [0.29, 0.717) is 0 Å². The maximum atomic E-state index is 13.2. The number of rotatable bonds is 2. The minimum absolute atomic E-state index is 0.0698. The fraction of sp³-hybridized carbons (Fsp3) is 0.0625. The van der Waals surface area contributed by atoms with Crippen molar-refractivity contribution in [3.63, 3.8) is 0 Å². The number of hydrogen-bond donors (Lipinski definition) is 1. The van der Waals surface area contributed by atoms with Crippen molar-refractivity contribution in [1.82, 2.24) is 9.78 Å². The molecule has 0 aliphatic heterocycles. The van der Waals surface area contributed by atoms with Crippen LogP contribution in [-0.2, 0) is 6.18 Å². The molecular weight excluding hydrogens is 312 g/mol. The average molecular weight is 322 g/mol. The number of aromatic nitrogens is 2. The second-order valence-electron chi connectivity index (χ2n) is 4.89. The fourth-order valence-corrected chi connectivity index (χ4v) is 2.25. The molecule has 1 aromatic heterocycles. The minimum atomic E-state index is -4.49. The average Bonchev–Trinajstić information content (AvgIpc) is 2.88. The van der Waals surface area contributed by atoms with Crippen LogP contribution < -0.4 is 5.56 Å². The second-order valence-corrected chi connectivity index (χ2v) is 4.89. The highest BCUT2D eigenvalue weighted by atomic mass is 19.4. The van der Waals surface area contributed by atoms with Crippen LogP contribution in [0.2, 0.25) is 0 Å². The molecule has 0 fully saturated rings. The van der Waals surface area contributed by atoms with Crippen molar-refractivity contribution in [1.29, 1.82) is 0 Å². The standard InChI is InChI=1S/C16H10F4N2O/c17-12-5-2-6-13(8-12)22-15(23)14(9-21-22)10-3-1-4-11(7-10)16(18,19)20/h1-9,21H. The van der Waals surface area contributed by atoms with Crippen LogP contribution in [0.25, 0.3) is 16.8 Å². The van der Waals surface area contributed by atoms with Crippen LogP contribution in [0.4, 0.5) is 17.6 Å². The third kappa shape index (κ3) is 2.90. The van der Waals surface area contributed by atoms with Gasteiger partial charge in [-0.1, -0.05) is 18.2 Å². The summed E-state index contributed by atoms with van der Waals surface area (Å²) in [6, 6.07) is 9.80. The minimum Gasteiger partial charge on any atom is -0.298 e. The van der Waals surface area contributed by atoms with E-state index in [0.717, 1.165) is 22.9 Å². The molecule has 0 bridgehead atoms. The first-order chi connectivity index (χ1) is 10.9. The molecule has 0 aliphatic rings. The molecule has 23 heavy (non-hydrogen) atoms. The van der Waals surface area contributed by atoms with E-state index in [1.165, 1.54) is 36.5 Å². The van der Waals surface area contributed by atoms with Gasteiger partial charge in [-0.15, -0.1) is 0 Å². The Labute approximate surface area is 127 Å². The number of aromatic amines is 1. The molecule has 0 unspecified atom stereocenters. The Morgan fingerprint density at radius 3 is 2.43 bits per heavy atom. The van der Waals surface area contributed by atoms with Gasteiger partial charge in [-0.2, -0.15) is 13.2 Å². The first kappa shape index (κ1) is 15.1. The number of nitrogens with zero attached hydrogens (tertiary/aromatic N) is 1. The predicted molar refractivity (Wildman–Crippen MR) is 76.8 cm³/mol. The van der Waals surface area contributed by atoms with Crippen LogP contribution in [-0.4, -0.2) is 9.78 Å². The third-order valence-electron chi connectivity index (χ3n) is 3.34. The summed E-state index contributed by atoms with van der Waals surface area (Å²) < 4.78 is 52.6. The lowest BCUT2D eigenvalue weighted by atomic mass is 10.1. The molecular formula is C16H10F4N2O. The molecule has 3 rings (SSSR count). The Morgan fingerprint density at radius 1 is 1.00 bits per heavy atom. The lowest BCUT2D eigenvalue weighted by molar-refractivity contribution is -0.137. The Morgan fingerprint density at radius 2 is 1.74 bits per heavy atom. The predicted octanol–water partition coefficient (Wildman–Crippen LogP) is 3.99. The van der Waals surface area contributed by atoms with E-state index in [1.807, 2.05) is 0 Å². The smallest absolute Gasteiger partial charge is 0.298 e. The quantitative estimate of drug-likeness (QED) is 0.712. The van der Waals surface area contributed by atoms with Crippen LogP contribution in [0, 0.1) is 5.82 Å². The number of alkyl halides is 3. The highest BCUT2D eigenvalue weighted by Crippen LogP contribution is 2.31. The van der Waals surface area contributed by atoms with Gasteiger partial charge < -0.3 is 0 Å². The van der Waals surface area contributed by atoms with E-state index in [1.54, 1.807) is 0 Å². The number of halogens is 4. The van der Waals surface area contributed by atoms with Crippen molar-refractivity contribution >= 4 is 0 Å². The molecule has 1 N–H and O–H groups in total. The molecule has 0 saturated carbocycles. The van der Waals surface area contributed by atoms with E-state index in [-0.39, 0.29) is 16.8 Å². The number of hydrogen-bond acceptors (Lipinski definition) is 1. The van der Waals surface area contributed by atoms with Gasteiger partial charge >= 0.3 is 6.18 Å². The summed E-state index contributed by atoms with van der Waals surface area (Å²) in [6.07, 6.45) is -3.20. The van der Waals surface area contributed by atoms with Gasteiger partial charge in [-0.25, -0.2) is 9.07 Å². The van der Waals surface area contributed by atoms with Crippen molar-refractivity contribution in [2.45, 2.75) is 6.18 Å². The molecule has 118 valence electrons. The Bertz CT molecular complexity index is 909. The highest BCUT2D eigenvalue weighted by molar-refractivity contribution is 5.63. The summed E-state index contributed by atoms with van der Waals surface area (Å²) in [6.45, 7) is 0. The molecule has 1 heterocycles. The second kappa shape index (κ2) is 5.42. The zero-order valence-corrected chi connectivity index (χ0v) is 11.6. The molecule has 3 aromatic rings. The fourth-order valence-electron chi connectivity index (χ4n) is 2.25. The van der Waals surface area contributed by atoms with Gasteiger partial charge in [-0.3, -0.25) is 9.89 Å². The Balaban J connectivity index is 2.08. The van der Waals surface area contributed by atoms with Crippen LogP contribution in [0.5, 0.6) is 0 Å². The first-order valence-electron chi connectivity index (χ1n) is 6.60. The van der Waals surface area contributed by atoms with Gasteiger partial charge in [0.1, 0.15) is 5.82 Å². The topological polar surface area (TPSA) is 37.8 Å². The van der Waals surface area contributed by atoms with Crippen LogP contribution in [0.3, 0.4) is 0 Å². The van der Waals surface area contributed by atoms with Gasteiger partial charge in [0.15, 0.2) is 0 Å². The van der Waals surface area contributed by atoms with Crippen molar-refractivity contribution < 1.29 is 17.6 Å². The van der Waals surface area contributed by atoms with Crippen LogP contribution in [0.1, 0.15) is 5.56 Å². The largest absolute Gasteiger partial charge is 0.416 e. The molecule has 0 radical (unpaired) electrons. The third-order valence-corrected chi connectivity index (χ3v) is 3.34. The van der Waals surface area contributed by atoms with Gasteiger partial charge in [0, 0.05) is 6.20 Å². The summed E-state index contributed by atoms with van der Waals surface area (Å²) in [5, 5.41) is 2.63. The SMILES string of the molecule is O=c1c(-c2cccc(C(F)(F)F)c2)c[nH]n1-c1cccc(F)c1. The Kier molecular flexibility index (Phi) is 3.55. The molecule has 0 amide bonds. The number of benzene rings is 2. The van der Waals surface area contributed by atoms with Gasteiger partial charge in [0.05, 0.1) is 16.8 Å². The van der Waals surface area contributed by atoms with Gasteiger partial charge in [-0.05, 0) is 35.9 Å². The van der Waals surface area contributed by atoms with Gasteiger partial charge in [0.25, 0.3) is 5.56 Å². The zero-order chi connectivity index (χ0) is 16.6. The highest BCUT2D eigenvalue weighted by Gasteiger charge is 2.30. The summed E-state index contributed by atoms with van der Waals surface area (Å²) in [5.41, 5.74) is -0.937. The van der Waals surface area contributed by atoms with Crippen molar-refractivity contribution in [2.24, 2.45) is 0 Å². The lowest BCUT2D eigenvalue weighted by Gasteiger charge is -2.07. The molecule has 0 aliphatic carbocycles. The van der Waals surface area contributed by atoms with Crippen molar-refractivity contribution in [3.05, 3.63) is 76.5 Å². The lowest BCUT2D eigenvalue weighted by Crippen LogP contribution is -2.16. The zero-order valence-electron chi connectivity index (χ0n) is 11.6. The van der Waals surface area contributed by atoms with E-state index in [9.17, 15) is 22.4 Å². The number of H-pyrrole nitrogens is 1. The molecule has 7 heteroatoms. The normalized spacial score (nSPS) is 11.7. The molecule has 0 spiro atoms. The monoisotopic (exact) mass is 322 g/mol. The molecule has 0 saturated heterocycles. The maximum absolute atomic E-state index is 13.2. The molecule has 0 atom stereocenters. The van der Waals surface area contributed by atoms with E-state index >= 15 is 0 Å². The van der Waals surface area contributed by atoms with Crippen molar-refractivity contribution in [2.75, 3.05) is 0 Å². The summed E-state index contributed by atoms with van der Waals surface area (Å²) in [7, 11) is 0. The Hall–Kier alpha value is -2.83. The maximum Gasteiger partial charge on any atom is 0.416 e.